The average molecular weight is 495 g/mol. The average Bonchev–Trinajstić information content (AvgIpc) is 2.95. The molecule has 0 saturated carbocycles. The van der Waals surface area contributed by atoms with Gasteiger partial charge in [0.1, 0.15) is 5.83 Å². The first-order chi connectivity index (χ1) is 18.0. The summed E-state index contributed by atoms with van der Waals surface area (Å²) in [7, 11) is 0. The zero-order valence-electron chi connectivity index (χ0n) is 23.1. The Morgan fingerprint density at radius 1 is 0.703 bits per heavy atom. The van der Waals surface area contributed by atoms with E-state index >= 15 is 4.39 Å². The van der Waals surface area contributed by atoms with Crippen LogP contribution in [0.25, 0.3) is 0 Å². The van der Waals surface area contributed by atoms with E-state index in [-0.39, 0.29) is 23.6 Å². The Morgan fingerprint density at radius 3 is 1.62 bits per heavy atom. The Bertz CT molecular complexity index is 1110. The van der Waals surface area contributed by atoms with Crippen molar-refractivity contribution in [3.63, 3.8) is 0 Å². The van der Waals surface area contributed by atoms with Crippen molar-refractivity contribution < 1.29 is 4.39 Å². The van der Waals surface area contributed by atoms with E-state index in [1.54, 1.807) is 0 Å². The summed E-state index contributed by atoms with van der Waals surface area (Å²) in [5, 5.41) is 0. The van der Waals surface area contributed by atoms with Crippen molar-refractivity contribution in [2.45, 2.75) is 84.0 Å². The summed E-state index contributed by atoms with van der Waals surface area (Å²) >= 11 is 0. The smallest absolute Gasteiger partial charge is 0.108 e. The molecule has 0 amide bonds. The van der Waals surface area contributed by atoms with Gasteiger partial charge in [-0.1, -0.05) is 132 Å². The monoisotopic (exact) mass is 494 g/mol. The molecule has 0 aliphatic heterocycles. The minimum Gasteiger partial charge on any atom is -0.211 e. The molecule has 0 heterocycles. The quantitative estimate of drug-likeness (QED) is 0.233. The van der Waals surface area contributed by atoms with Crippen LogP contribution in [0.4, 0.5) is 4.39 Å². The molecule has 1 heteroatoms. The second-order valence-electron chi connectivity index (χ2n) is 10.9. The van der Waals surface area contributed by atoms with E-state index in [4.69, 9.17) is 0 Å². The summed E-state index contributed by atoms with van der Waals surface area (Å²) < 4.78 is 16.0. The first-order valence-corrected chi connectivity index (χ1v) is 14.3. The van der Waals surface area contributed by atoms with E-state index < -0.39 is 5.41 Å². The summed E-state index contributed by atoms with van der Waals surface area (Å²) in [5.74, 6) is -0.115. The van der Waals surface area contributed by atoms with Gasteiger partial charge in [0.05, 0.1) is 5.92 Å². The van der Waals surface area contributed by atoms with Gasteiger partial charge >= 0.3 is 0 Å². The fraction of sp³-hybridized carbons (Fsp3) is 0.389. The maximum atomic E-state index is 16.0. The molecule has 0 saturated heterocycles. The third-order valence-corrected chi connectivity index (χ3v) is 8.52. The lowest BCUT2D eigenvalue weighted by molar-refractivity contribution is 0.325. The molecule has 4 rings (SSSR count). The van der Waals surface area contributed by atoms with Crippen LogP contribution in [0, 0.1) is 5.41 Å². The molecule has 37 heavy (non-hydrogen) atoms. The summed E-state index contributed by atoms with van der Waals surface area (Å²) in [6, 6.07) is 28.1. The molecule has 3 aromatic carbocycles. The van der Waals surface area contributed by atoms with E-state index in [1.807, 2.05) is 36.4 Å². The maximum absolute atomic E-state index is 16.0. The topological polar surface area (TPSA) is 0 Å². The van der Waals surface area contributed by atoms with E-state index in [1.165, 1.54) is 47.9 Å². The highest BCUT2D eigenvalue weighted by molar-refractivity contribution is 5.44. The van der Waals surface area contributed by atoms with Gasteiger partial charge in [0.2, 0.25) is 0 Å². The van der Waals surface area contributed by atoms with Gasteiger partial charge in [0.15, 0.2) is 0 Å². The lowest BCUT2D eigenvalue weighted by atomic mass is 9.61. The number of aryl methyl sites for hydroxylation is 2. The second-order valence-corrected chi connectivity index (χ2v) is 10.9. The molecule has 194 valence electrons. The molecule has 1 aliphatic carbocycles. The molecular formula is C36H43F. The lowest BCUT2D eigenvalue weighted by Crippen LogP contribution is -2.32. The molecule has 1 aliphatic rings. The zero-order chi connectivity index (χ0) is 26.3. The number of rotatable bonds is 11. The molecule has 0 N–H and O–H groups in total. The molecule has 0 radical (unpaired) electrons. The van der Waals surface area contributed by atoms with E-state index in [0.29, 0.717) is 0 Å². The third kappa shape index (κ3) is 6.15. The second kappa shape index (κ2) is 12.5. The predicted molar refractivity (Wildman–Crippen MR) is 157 cm³/mol. The highest BCUT2D eigenvalue weighted by Crippen LogP contribution is 2.53. The zero-order valence-corrected chi connectivity index (χ0v) is 23.1. The Labute approximate surface area is 224 Å². The van der Waals surface area contributed by atoms with Crippen LogP contribution in [-0.4, -0.2) is 0 Å². The van der Waals surface area contributed by atoms with Crippen molar-refractivity contribution in [3.8, 4) is 0 Å². The van der Waals surface area contributed by atoms with Gasteiger partial charge in [-0.3, -0.25) is 0 Å². The normalized spacial score (nSPS) is 20.9. The highest BCUT2D eigenvalue weighted by atomic mass is 19.1. The van der Waals surface area contributed by atoms with E-state index in [0.717, 1.165) is 18.4 Å². The number of hydrogen-bond acceptors (Lipinski definition) is 0. The number of unbranched alkanes of at least 4 members (excludes halogenated alkanes) is 2. The number of hydrogen-bond donors (Lipinski definition) is 0. The molecule has 3 atom stereocenters. The van der Waals surface area contributed by atoms with Gasteiger partial charge < -0.3 is 0 Å². The molecule has 0 aromatic heterocycles. The van der Waals surface area contributed by atoms with E-state index in [2.05, 4.69) is 88.4 Å². The van der Waals surface area contributed by atoms with Crippen LogP contribution in [0.1, 0.15) is 98.9 Å². The van der Waals surface area contributed by atoms with Crippen molar-refractivity contribution >= 4 is 0 Å². The first-order valence-electron chi connectivity index (χ1n) is 14.3. The van der Waals surface area contributed by atoms with Crippen molar-refractivity contribution in [3.05, 3.63) is 131 Å². The van der Waals surface area contributed by atoms with Gasteiger partial charge in [-0.15, -0.1) is 0 Å². The fourth-order valence-electron chi connectivity index (χ4n) is 5.86. The fourth-order valence-corrected chi connectivity index (χ4v) is 5.86. The molecule has 0 fully saturated rings. The number of halogens is 1. The van der Waals surface area contributed by atoms with Gasteiger partial charge in [0, 0.05) is 5.41 Å². The number of allylic oxidation sites excluding steroid dienone is 4. The standard InChI is InChI=1S/C36H43F/c1-5-7-12-29-16-20-31(21-17-29)27(3)36(28(4)32-22-18-30(19-23-32)13-8-6-2)25-24-34(35(37)26-36)33-14-10-9-11-15-33/h9-11,14-28,34H,5-8,12-13H2,1-4H3. The van der Waals surface area contributed by atoms with Crippen LogP contribution in [0.2, 0.25) is 0 Å². The van der Waals surface area contributed by atoms with Crippen LogP contribution in [0.5, 0.6) is 0 Å². The molecular weight excluding hydrogens is 451 g/mol. The summed E-state index contributed by atoms with van der Waals surface area (Å²) in [4.78, 5) is 0. The molecule has 0 spiro atoms. The predicted octanol–water partition coefficient (Wildman–Crippen LogP) is 10.5. The molecule has 0 nitrogen and oxygen atoms in total. The van der Waals surface area contributed by atoms with Crippen LogP contribution in [-0.2, 0) is 12.8 Å². The summed E-state index contributed by atoms with van der Waals surface area (Å²) in [5.41, 5.74) is 5.84. The minimum absolute atomic E-state index is 0.0495. The van der Waals surface area contributed by atoms with Gasteiger partial charge in [-0.25, -0.2) is 4.39 Å². The Kier molecular flexibility index (Phi) is 9.19. The van der Waals surface area contributed by atoms with Crippen LogP contribution < -0.4 is 0 Å². The van der Waals surface area contributed by atoms with Gasteiger partial charge in [0.25, 0.3) is 0 Å². The maximum Gasteiger partial charge on any atom is 0.108 e. The van der Waals surface area contributed by atoms with E-state index in [9.17, 15) is 0 Å². The summed E-state index contributed by atoms with van der Waals surface area (Å²) in [6.07, 6.45) is 13.4. The van der Waals surface area contributed by atoms with Crippen LogP contribution in [0.15, 0.2) is 103 Å². The summed E-state index contributed by atoms with van der Waals surface area (Å²) in [6.45, 7) is 9.00. The van der Waals surface area contributed by atoms with Gasteiger partial charge in [-0.05, 0) is 71.4 Å². The van der Waals surface area contributed by atoms with Crippen molar-refractivity contribution in [2.24, 2.45) is 5.41 Å². The van der Waals surface area contributed by atoms with Crippen molar-refractivity contribution in [2.75, 3.05) is 0 Å². The SMILES string of the molecule is CCCCc1ccc(C(C)C2(C(C)c3ccc(CCCC)cc3)C=CC(c3ccccc3)C(F)=C2)cc1. The highest BCUT2D eigenvalue weighted by Gasteiger charge is 2.42. The largest absolute Gasteiger partial charge is 0.211 e. The molecule has 3 aromatic rings. The van der Waals surface area contributed by atoms with Crippen molar-refractivity contribution in [1.82, 2.24) is 0 Å². The van der Waals surface area contributed by atoms with Gasteiger partial charge in [-0.2, -0.15) is 0 Å². The Hall–Kier alpha value is -2.93. The Morgan fingerprint density at radius 2 is 1.19 bits per heavy atom. The van der Waals surface area contributed by atoms with Crippen molar-refractivity contribution in [1.29, 1.82) is 0 Å². The van der Waals surface area contributed by atoms with Crippen LogP contribution in [0.3, 0.4) is 0 Å². The first kappa shape index (κ1) is 27.1. The van der Waals surface area contributed by atoms with Crippen LogP contribution >= 0.6 is 0 Å². The number of benzene rings is 3. The molecule has 0 bridgehead atoms. The minimum atomic E-state index is -0.453. The molecule has 3 unspecified atom stereocenters. The third-order valence-electron chi connectivity index (χ3n) is 8.52. The Balaban J connectivity index is 1.70. The lowest BCUT2D eigenvalue weighted by Gasteiger charge is -2.43.